The molecule has 0 bridgehead atoms. The van der Waals surface area contributed by atoms with Gasteiger partial charge in [0.2, 0.25) is 0 Å². The molecule has 1 aromatic heterocycles. The Bertz CT molecular complexity index is 392. The molecule has 5 nitrogen and oxygen atoms in total. The van der Waals surface area contributed by atoms with Crippen LogP contribution in [0.2, 0.25) is 0 Å². The molecular formula is C12H19N3O2. The van der Waals surface area contributed by atoms with Crippen LogP contribution in [0.25, 0.3) is 0 Å². The fourth-order valence-corrected chi connectivity index (χ4v) is 2.26. The van der Waals surface area contributed by atoms with Crippen molar-refractivity contribution in [1.29, 1.82) is 0 Å². The number of amides is 1. The molecule has 0 spiro atoms. The molecule has 2 rings (SSSR count). The van der Waals surface area contributed by atoms with Gasteiger partial charge in [0.15, 0.2) is 0 Å². The number of nitrogen functional groups attached to an aromatic ring is 1. The second-order valence-corrected chi connectivity index (χ2v) is 4.92. The van der Waals surface area contributed by atoms with Crippen LogP contribution in [0.15, 0.2) is 16.7 Å². The van der Waals surface area contributed by atoms with E-state index in [1.54, 1.807) is 6.07 Å². The van der Waals surface area contributed by atoms with Gasteiger partial charge in [0.1, 0.15) is 12.0 Å². The van der Waals surface area contributed by atoms with Crippen LogP contribution in [-0.4, -0.2) is 23.9 Å². The molecule has 94 valence electrons. The van der Waals surface area contributed by atoms with Crippen molar-refractivity contribution in [2.45, 2.75) is 20.4 Å². The van der Waals surface area contributed by atoms with Gasteiger partial charge < -0.3 is 4.42 Å². The smallest absolute Gasteiger partial charge is 0.268 e. The van der Waals surface area contributed by atoms with E-state index in [9.17, 15) is 4.79 Å². The fraction of sp³-hybridized carbons (Fsp3) is 0.583. The molecule has 0 radical (unpaired) electrons. The lowest BCUT2D eigenvalue weighted by Gasteiger charge is -2.12. The summed E-state index contributed by atoms with van der Waals surface area (Å²) in [6, 6.07) is 1.75. The van der Waals surface area contributed by atoms with Crippen LogP contribution < -0.4 is 11.3 Å². The second-order valence-electron chi connectivity index (χ2n) is 4.92. The van der Waals surface area contributed by atoms with E-state index in [-0.39, 0.29) is 5.91 Å². The first-order valence-electron chi connectivity index (χ1n) is 5.91. The summed E-state index contributed by atoms with van der Waals surface area (Å²) < 4.78 is 5.36. The predicted octanol–water partition coefficient (Wildman–Crippen LogP) is 0.971. The Morgan fingerprint density at radius 2 is 2.18 bits per heavy atom. The maximum atomic E-state index is 11.3. The van der Waals surface area contributed by atoms with Crippen molar-refractivity contribution in [2.24, 2.45) is 17.7 Å². The van der Waals surface area contributed by atoms with E-state index in [0.717, 1.165) is 37.2 Å². The minimum atomic E-state index is -0.317. The number of furan rings is 1. The molecule has 2 atom stereocenters. The first-order chi connectivity index (χ1) is 8.10. The lowest BCUT2D eigenvalue weighted by Crippen LogP contribution is -2.29. The molecule has 0 aliphatic carbocycles. The highest BCUT2D eigenvalue weighted by Gasteiger charge is 2.26. The van der Waals surface area contributed by atoms with Gasteiger partial charge in [-0.25, -0.2) is 5.84 Å². The van der Waals surface area contributed by atoms with Crippen molar-refractivity contribution >= 4 is 5.91 Å². The van der Waals surface area contributed by atoms with Crippen LogP contribution in [0.4, 0.5) is 0 Å². The van der Waals surface area contributed by atoms with Crippen molar-refractivity contribution in [3.8, 4) is 0 Å². The van der Waals surface area contributed by atoms with Gasteiger partial charge in [0.05, 0.1) is 12.1 Å². The average molecular weight is 237 g/mol. The Morgan fingerprint density at radius 1 is 1.53 bits per heavy atom. The number of carbonyl (C=O) groups is 1. The molecule has 1 saturated heterocycles. The monoisotopic (exact) mass is 237 g/mol. The first kappa shape index (κ1) is 12.1. The molecule has 5 heteroatoms. The molecule has 3 N–H and O–H groups in total. The molecule has 2 unspecified atom stereocenters. The number of hydrogen-bond donors (Lipinski definition) is 2. The molecule has 1 aliphatic heterocycles. The van der Waals surface area contributed by atoms with Gasteiger partial charge in [-0.2, -0.15) is 0 Å². The van der Waals surface area contributed by atoms with E-state index < -0.39 is 0 Å². The van der Waals surface area contributed by atoms with E-state index >= 15 is 0 Å². The molecule has 1 amide bonds. The molecule has 0 saturated carbocycles. The number of carbonyl (C=O) groups excluding carboxylic acids is 1. The van der Waals surface area contributed by atoms with E-state index in [2.05, 4.69) is 24.2 Å². The summed E-state index contributed by atoms with van der Waals surface area (Å²) in [6.07, 6.45) is 1.44. The summed E-state index contributed by atoms with van der Waals surface area (Å²) in [5.74, 6) is 6.99. The van der Waals surface area contributed by atoms with E-state index in [4.69, 9.17) is 10.3 Å². The topological polar surface area (TPSA) is 71.5 Å². The van der Waals surface area contributed by atoms with E-state index in [1.165, 1.54) is 6.26 Å². The highest BCUT2D eigenvalue weighted by atomic mass is 16.3. The van der Waals surface area contributed by atoms with Crippen molar-refractivity contribution in [3.63, 3.8) is 0 Å². The third-order valence-corrected chi connectivity index (χ3v) is 3.49. The normalized spacial score (nSPS) is 25.1. The number of hydrogen-bond acceptors (Lipinski definition) is 4. The van der Waals surface area contributed by atoms with E-state index in [1.807, 2.05) is 0 Å². The average Bonchev–Trinajstić information content (AvgIpc) is 2.87. The first-order valence-corrected chi connectivity index (χ1v) is 5.91. The minimum Gasteiger partial charge on any atom is -0.467 e. The Hall–Kier alpha value is -1.33. The van der Waals surface area contributed by atoms with Crippen LogP contribution in [-0.2, 0) is 6.54 Å². The largest absolute Gasteiger partial charge is 0.467 e. The third-order valence-electron chi connectivity index (χ3n) is 3.49. The highest BCUT2D eigenvalue weighted by molar-refractivity contribution is 5.93. The lowest BCUT2D eigenvalue weighted by atomic mass is 10.0. The molecule has 17 heavy (non-hydrogen) atoms. The predicted molar refractivity (Wildman–Crippen MR) is 64.0 cm³/mol. The van der Waals surface area contributed by atoms with Crippen LogP contribution in [0.5, 0.6) is 0 Å². The summed E-state index contributed by atoms with van der Waals surface area (Å²) in [5, 5.41) is 0. The number of nitrogens with zero attached hydrogens (tertiary/aromatic N) is 1. The Labute approximate surface area is 101 Å². The molecule has 1 aromatic rings. The SMILES string of the molecule is CC1CN(Cc2cc(C(=O)NN)co2)CC1C. The fourth-order valence-electron chi connectivity index (χ4n) is 2.26. The Morgan fingerprint density at radius 3 is 2.76 bits per heavy atom. The molecule has 0 aromatic carbocycles. The lowest BCUT2D eigenvalue weighted by molar-refractivity contribution is 0.0953. The van der Waals surface area contributed by atoms with Gasteiger partial charge >= 0.3 is 0 Å². The minimum absolute atomic E-state index is 0.317. The van der Waals surface area contributed by atoms with E-state index in [0.29, 0.717) is 5.56 Å². The Balaban J connectivity index is 1.96. The standard InChI is InChI=1S/C12H19N3O2/c1-8-4-15(5-9(8)2)6-11-3-10(7-17-11)12(16)14-13/h3,7-9H,4-6,13H2,1-2H3,(H,14,16). The third kappa shape index (κ3) is 2.68. The zero-order valence-corrected chi connectivity index (χ0v) is 10.3. The van der Waals surface area contributed by atoms with Gasteiger partial charge in [-0.05, 0) is 17.9 Å². The van der Waals surface area contributed by atoms with Crippen LogP contribution in [0.1, 0.15) is 30.0 Å². The van der Waals surface area contributed by atoms with Crippen molar-refractivity contribution < 1.29 is 9.21 Å². The maximum absolute atomic E-state index is 11.3. The van der Waals surface area contributed by atoms with Gasteiger partial charge in [-0.3, -0.25) is 15.1 Å². The van der Waals surface area contributed by atoms with Crippen molar-refractivity contribution in [3.05, 3.63) is 23.7 Å². The van der Waals surface area contributed by atoms with Crippen LogP contribution in [0.3, 0.4) is 0 Å². The molecule has 1 aliphatic rings. The van der Waals surface area contributed by atoms with Gasteiger partial charge in [-0.1, -0.05) is 13.8 Å². The highest BCUT2D eigenvalue weighted by Crippen LogP contribution is 2.24. The number of rotatable bonds is 3. The number of nitrogens with two attached hydrogens (primary N) is 1. The van der Waals surface area contributed by atoms with Crippen LogP contribution in [0, 0.1) is 11.8 Å². The second kappa shape index (κ2) is 4.89. The molecular weight excluding hydrogens is 218 g/mol. The summed E-state index contributed by atoms with van der Waals surface area (Å²) in [7, 11) is 0. The molecule has 2 heterocycles. The number of hydrazine groups is 1. The molecule has 1 fully saturated rings. The van der Waals surface area contributed by atoms with Crippen LogP contribution >= 0.6 is 0 Å². The summed E-state index contributed by atoms with van der Waals surface area (Å²) in [4.78, 5) is 13.6. The van der Waals surface area contributed by atoms with Gasteiger partial charge in [-0.15, -0.1) is 0 Å². The summed E-state index contributed by atoms with van der Waals surface area (Å²) >= 11 is 0. The maximum Gasteiger partial charge on any atom is 0.268 e. The summed E-state index contributed by atoms with van der Waals surface area (Å²) in [5.41, 5.74) is 2.56. The Kier molecular flexibility index (Phi) is 3.49. The quantitative estimate of drug-likeness (QED) is 0.467. The van der Waals surface area contributed by atoms with Gasteiger partial charge in [0, 0.05) is 13.1 Å². The van der Waals surface area contributed by atoms with Crippen molar-refractivity contribution in [1.82, 2.24) is 10.3 Å². The van der Waals surface area contributed by atoms with Gasteiger partial charge in [0.25, 0.3) is 5.91 Å². The number of likely N-dealkylation sites (tertiary alicyclic amines) is 1. The zero-order chi connectivity index (χ0) is 12.4. The summed E-state index contributed by atoms with van der Waals surface area (Å²) in [6.45, 7) is 7.45. The van der Waals surface area contributed by atoms with Crippen molar-refractivity contribution in [2.75, 3.05) is 13.1 Å². The number of nitrogens with one attached hydrogen (secondary N) is 1. The zero-order valence-electron chi connectivity index (χ0n) is 10.3.